The number of aliphatic hydroxyl groups excluding tert-OH is 1. The Bertz CT molecular complexity index is 534. The topological polar surface area (TPSA) is 96.6 Å². The first-order valence-corrected chi connectivity index (χ1v) is 5.99. The van der Waals surface area contributed by atoms with Gasteiger partial charge in [0.2, 0.25) is 11.7 Å². The fraction of sp³-hybridized carbons (Fsp3) is 0.400. The van der Waals surface area contributed by atoms with E-state index in [9.17, 15) is 20.0 Å². The Morgan fingerprint density at radius 3 is 2.83 bits per heavy atom. The molecule has 2 rings (SSSR count). The molecule has 1 unspecified atom stereocenters. The highest BCUT2D eigenvalue weighted by Gasteiger charge is 2.34. The number of hydrogen-bond donors (Lipinski definition) is 1. The van der Waals surface area contributed by atoms with Crippen molar-refractivity contribution in [1.82, 2.24) is 4.98 Å². The summed E-state index contributed by atoms with van der Waals surface area (Å²) in [7, 11) is 0. The summed E-state index contributed by atoms with van der Waals surface area (Å²) < 4.78 is 0.505. The number of aryl methyl sites for hydroxylation is 1. The fourth-order valence-electron chi connectivity index (χ4n) is 1.79. The summed E-state index contributed by atoms with van der Waals surface area (Å²) >= 11 is 3.16. The Labute approximate surface area is 111 Å². The zero-order valence-corrected chi connectivity index (χ0v) is 11.0. The van der Waals surface area contributed by atoms with Gasteiger partial charge in [-0.1, -0.05) is 0 Å². The number of aliphatic hydroxyl groups is 1. The minimum atomic E-state index is -0.803. The average molecular weight is 316 g/mol. The van der Waals surface area contributed by atoms with E-state index >= 15 is 0 Å². The number of β-amino-alcohol motifs (C(OH)–C–C–N with tert-alkyl or cyclic N) is 1. The number of nitro groups is 1. The van der Waals surface area contributed by atoms with Gasteiger partial charge in [-0.3, -0.25) is 19.8 Å². The lowest BCUT2D eigenvalue weighted by Crippen LogP contribution is -2.27. The maximum absolute atomic E-state index is 11.6. The molecule has 1 atom stereocenters. The lowest BCUT2D eigenvalue weighted by molar-refractivity contribution is -0.384. The van der Waals surface area contributed by atoms with E-state index in [-0.39, 0.29) is 30.4 Å². The SMILES string of the molecule is Cc1nc(N2CC(O)CC2=O)c([N+](=O)[O-])cc1Br. The number of carbonyl (C=O) groups excluding carboxylic acids is 1. The number of halogens is 1. The maximum Gasteiger partial charge on any atom is 0.313 e. The zero-order valence-electron chi connectivity index (χ0n) is 9.46. The smallest absolute Gasteiger partial charge is 0.313 e. The molecule has 0 bridgehead atoms. The predicted molar refractivity (Wildman–Crippen MR) is 66.3 cm³/mol. The summed E-state index contributed by atoms with van der Waals surface area (Å²) in [5.41, 5.74) is 0.291. The molecule has 7 nitrogen and oxygen atoms in total. The van der Waals surface area contributed by atoms with Crippen molar-refractivity contribution in [3.8, 4) is 0 Å². The van der Waals surface area contributed by atoms with Gasteiger partial charge in [0.1, 0.15) is 0 Å². The average Bonchev–Trinajstić information content (AvgIpc) is 2.61. The number of hydrogen-bond acceptors (Lipinski definition) is 5. The third kappa shape index (κ3) is 2.21. The van der Waals surface area contributed by atoms with Crippen LogP contribution in [0.25, 0.3) is 0 Å². The van der Waals surface area contributed by atoms with Gasteiger partial charge in [-0.2, -0.15) is 0 Å². The van der Waals surface area contributed by atoms with Crippen LogP contribution in [-0.2, 0) is 4.79 Å². The van der Waals surface area contributed by atoms with Crippen molar-refractivity contribution in [1.29, 1.82) is 0 Å². The molecular formula is C10H10BrN3O4. The van der Waals surface area contributed by atoms with E-state index in [1.54, 1.807) is 6.92 Å². The van der Waals surface area contributed by atoms with Crippen molar-refractivity contribution >= 4 is 33.3 Å². The molecule has 1 N–H and O–H groups in total. The van der Waals surface area contributed by atoms with E-state index in [4.69, 9.17) is 0 Å². The first kappa shape index (κ1) is 12.9. The molecule has 1 fully saturated rings. The molecule has 0 aliphatic carbocycles. The summed E-state index contributed by atoms with van der Waals surface area (Å²) in [6, 6.07) is 1.32. The molecule has 1 aromatic heterocycles. The van der Waals surface area contributed by atoms with E-state index in [0.29, 0.717) is 10.2 Å². The summed E-state index contributed by atoms with van der Waals surface area (Å²) in [4.78, 5) is 27.3. The highest BCUT2D eigenvalue weighted by atomic mass is 79.9. The van der Waals surface area contributed by atoms with Crippen LogP contribution in [-0.4, -0.2) is 33.6 Å². The Balaban J connectivity index is 2.52. The third-order valence-corrected chi connectivity index (χ3v) is 3.47. The predicted octanol–water partition coefficient (Wildman–Crippen LogP) is 1.16. The Morgan fingerprint density at radius 1 is 1.67 bits per heavy atom. The Kier molecular flexibility index (Phi) is 3.31. The largest absolute Gasteiger partial charge is 0.391 e. The quantitative estimate of drug-likeness (QED) is 0.652. The number of aromatic nitrogens is 1. The molecule has 1 amide bonds. The van der Waals surface area contributed by atoms with E-state index in [1.807, 2.05) is 0 Å². The van der Waals surface area contributed by atoms with Crippen LogP contribution in [0.2, 0.25) is 0 Å². The molecule has 0 spiro atoms. The summed E-state index contributed by atoms with van der Waals surface area (Å²) in [6.45, 7) is 1.71. The molecule has 1 aliphatic heterocycles. The van der Waals surface area contributed by atoms with Crippen LogP contribution in [0.5, 0.6) is 0 Å². The number of amides is 1. The molecule has 2 heterocycles. The minimum Gasteiger partial charge on any atom is -0.391 e. The number of rotatable bonds is 2. The van der Waals surface area contributed by atoms with Gasteiger partial charge in [-0.05, 0) is 22.9 Å². The van der Waals surface area contributed by atoms with Gasteiger partial charge in [0.25, 0.3) is 0 Å². The summed E-state index contributed by atoms with van der Waals surface area (Å²) in [5, 5.41) is 20.4. The van der Waals surface area contributed by atoms with Gasteiger partial charge in [0.15, 0.2) is 0 Å². The molecule has 18 heavy (non-hydrogen) atoms. The molecule has 0 aromatic carbocycles. The minimum absolute atomic E-state index is 0.0118. The molecule has 0 radical (unpaired) electrons. The fourth-order valence-corrected chi connectivity index (χ4v) is 2.09. The first-order chi connectivity index (χ1) is 8.40. The summed E-state index contributed by atoms with van der Waals surface area (Å²) in [6.07, 6.45) is -0.837. The van der Waals surface area contributed by atoms with Crippen molar-refractivity contribution in [2.75, 3.05) is 11.4 Å². The molecule has 8 heteroatoms. The van der Waals surface area contributed by atoms with Gasteiger partial charge >= 0.3 is 5.69 Å². The first-order valence-electron chi connectivity index (χ1n) is 5.20. The second kappa shape index (κ2) is 4.62. The Hall–Kier alpha value is -1.54. The zero-order chi connectivity index (χ0) is 13.4. The van der Waals surface area contributed by atoms with Gasteiger partial charge in [-0.25, -0.2) is 4.98 Å². The van der Waals surface area contributed by atoms with Crippen LogP contribution >= 0.6 is 15.9 Å². The lowest BCUT2D eigenvalue weighted by atomic mass is 10.3. The molecular weight excluding hydrogens is 306 g/mol. The van der Waals surface area contributed by atoms with Crippen molar-refractivity contribution in [3.63, 3.8) is 0 Å². The van der Waals surface area contributed by atoms with Crippen LogP contribution < -0.4 is 4.90 Å². The van der Waals surface area contributed by atoms with Crippen LogP contribution in [0.3, 0.4) is 0 Å². The van der Waals surface area contributed by atoms with Crippen LogP contribution in [0, 0.1) is 17.0 Å². The highest BCUT2D eigenvalue weighted by molar-refractivity contribution is 9.10. The van der Waals surface area contributed by atoms with E-state index in [0.717, 1.165) is 4.90 Å². The normalized spacial score (nSPS) is 19.4. The van der Waals surface area contributed by atoms with Crippen molar-refractivity contribution in [2.45, 2.75) is 19.4 Å². The van der Waals surface area contributed by atoms with Crippen LogP contribution in [0.4, 0.5) is 11.5 Å². The van der Waals surface area contributed by atoms with Crippen LogP contribution in [0.1, 0.15) is 12.1 Å². The monoisotopic (exact) mass is 315 g/mol. The molecule has 1 aromatic rings. The standard InChI is InChI=1S/C10H10BrN3O4/c1-5-7(11)3-8(14(17)18)10(12-5)13-4-6(15)2-9(13)16/h3,6,15H,2,4H2,1H3. The number of anilines is 1. The van der Waals surface area contributed by atoms with Gasteiger partial charge in [0, 0.05) is 10.5 Å². The van der Waals surface area contributed by atoms with E-state index in [2.05, 4.69) is 20.9 Å². The Morgan fingerprint density at radius 2 is 2.33 bits per heavy atom. The van der Waals surface area contributed by atoms with Crippen molar-refractivity contribution in [2.24, 2.45) is 0 Å². The van der Waals surface area contributed by atoms with Crippen molar-refractivity contribution in [3.05, 3.63) is 26.3 Å². The van der Waals surface area contributed by atoms with Gasteiger partial charge < -0.3 is 5.11 Å². The molecule has 1 aliphatic rings. The molecule has 1 saturated heterocycles. The number of nitrogens with zero attached hydrogens (tertiary/aromatic N) is 3. The summed E-state index contributed by atoms with van der Waals surface area (Å²) in [5.74, 6) is -0.373. The van der Waals surface area contributed by atoms with Gasteiger partial charge in [-0.15, -0.1) is 0 Å². The molecule has 96 valence electrons. The second-order valence-corrected chi connectivity index (χ2v) is 4.87. The third-order valence-electron chi connectivity index (χ3n) is 2.67. The lowest BCUT2D eigenvalue weighted by Gasteiger charge is -2.15. The number of pyridine rings is 1. The molecule has 0 saturated carbocycles. The highest BCUT2D eigenvalue weighted by Crippen LogP contribution is 2.33. The van der Waals surface area contributed by atoms with Crippen molar-refractivity contribution < 1.29 is 14.8 Å². The maximum atomic E-state index is 11.6. The van der Waals surface area contributed by atoms with E-state index < -0.39 is 11.0 Å². The van der Waals surface area contributed by atoms with E-state index in [1.165, 1.54) is 6.07 Å². The second-order valence-electron chi connectivity index (χ2n) is 4.02. The van der Waals surface area contributed by atoms with Crippen LogP contribution in [0.15, 0.2) is 10.5 Å². The van der Waals surface area contributed by atoms with Gasteiger partial charge in [0.05, 0.1) is 29.7 Å². The number of carbonyl (C=O) groups is 1.